The van der Waals surface area contributed by atoms with Crippen molar-refractivity contribution in [1.82, 2.24) is 4.90 Å². The second-order valence-corrected chi connectivity index (χ2v) is 3.14. The zero-order chi connectivity index (χ0) is 9.84. The fourth-order valence-electron chi connectivity index (χ4n) is 1.60. The van der Waals surface area contributed by atoms with Crippen LogP contribution in [-0.4, -0.2) is 41.0 Å². The van der Waals surface area contributed by atoms with Crippen LogP contribution in [0.25, 0.3) is 0 Å². The Morgan fingerprint density at radius 1 is 1.46 bits per heavy atom. The largest absolute Gasteiger partial charge is 0.480 e. The van der Waals surface area contributed by atoms with Gasteiger partial charge in [-0.3, -0.25) is 4.79 Å². The van der Waals surface area contributed by atoms with Gasteiger partial charge in [0.2, 0.25) is 5.91 Å². The number of carbonyl (C=O) groups excluding carboxylic acids is 1. The Kier molecular flexibility index (Phi) is 3.25. The summed E-state index contributed by atoms with van der Waals surface area (Å²) in [6.45, 7) is 0.413. The van der Waals surface area contributed by atoms with E-state index in [4.69, 9.17) is 10.8 Å². The van der Waals surface area contributed by atoms with Gasteiger partial charge in [0.1, 0.15) is 6.04 Å². The van der Waals surface area contributed by atoms with Crippen LogP contribution in [0.15, 0.2) is 0 Å². The summed E-state index contributed by atoms with van der Waals surface area (Å²) < 4.78 is 0. The lowest BCUT2D eigenvalue weighted by molar-refractivity contribution is -0.151. The van der Waals surface area contributed by atoms with Crippen molar-refractivity contribution in [1.29, 1.82) is 0 Å². The molecule has 3 N–H and O–H groups in total. The van der Waals surface area contributed by atoms with E-state index in [9.17, 15) is 9.59 Å². The van der Waals surface area contributed by atoms with Crippen LogP contribution in [0.1, 0.15) is 19.3 Å². The summed E-state index contributed by atoms with van der Waals surface area (Å²) in [5.74, 6) is -1.20. The number of nitrogens with zero attached hydrogens (tertiary/aromatic N) is 1. The quantitative estimate of drug-likeness (QED) is 0.603. The van der Waals surface area contributed by atoms with Gasteiger partial charge in [0.25, 0.3) is 0 Å². The van der Waals surface area contributed by atoms with Crippen molar-refractivity contribution in [3.05, 3.63) is 0 Å². The lowest BCUT2D eigenvalue weighted by Gasteiger charge is -2.32. The smallest absolute Gasteiger partial charge is 0.326 e. The maximum Gasteiger partial charge on any atom is 0.326 e. The van der Waals surface area contributed by atoms with E-state index in [-0.39, 0.29) is 12.5 Å². The van der Waals surface area contributed by atoms with Crippen molar-refractivity contribution in [3.8, 4) is 0 Å². The van der Waals surface area contributed by atoms with Gasteiger partial charge in [-0.15, -0.1) is 0 Å². The van der Waals surface area contributed by atoms with Crippen LogP contribution in [0, 0.1) is 0 Å². The summed E-state index contributed by atoms with van der Waals surface area (Å²) in [5.41, 5.74) is 5.18. The number of nitrogens with two attached hydrogens (primary N) is 1. The van der Waals surface area contributed by atoms with Gasteiger partial charge in [-0.05, 0) is 19.3 Å². The van der Waals surface area contributed by atoms with E-state index >= 15 is 0 Å². The minimum atomic E-state index is -0.929. The maximum atomic E-state index is 11.2. The number of hydrogen-bond acceptors (Lipinski definition) is 3. The predicted molar refractivity (Wildman–Crippen MR) is 46.0 cm³/mol. The predicted octanol–water partition coefficient (Wildman–Crippen LogP) is -0.589. The third kappa shape index (κ3) is 2.18. The first-order valence-corrected chi connectivity index (χ1v) is 4.39. The Labute approximate surface area is 76.5 Å². The Hall–Kier alpha value is -1.10. The second kappa shape index (κ2) is 4.23. The van der Waals surface area contributed by atoms with Crippen LogP contribution in [0.3, 0.4) is 0 Å². The lowest BCUT2D eigenvalue weighted by Crippen LogP contribution is -2.50. The molecule has 1 rings (SSSR count). The number of carbonyl (C=O) groups is 2. The van der Waals surface area contributed by atoms with Gasteiger partial charge in [0.05, 0.1) is 6.54 Å². The minimum Gasteiger partial charge on any atom is -0.480 e. The topological polar surface area (TPSA) is 83.6 Å². The zero-order valence-electron chi connectivity index (χ0n) is 7.40. The molecule has 0 aromatic carbocycles. The number of rotatable bonds is 2. The van der Waals surface area contributed by atoms with Crippen LogP contribution < -0.4 is 5.73 Å². The first kappa shape index (κ1) is 9.98. The monoisotopic (exact) mass is 186 g/mol. The van der Waals surface area contributed by atoms with Crippen LogP contribution in [0.5, 0.6) is 0 Å². The van der Waals surface area contributed by atoms with E-state index in [0.717, 1.165) is 12.8 Å². The summed E-state index contributed by atoms with van der Waals surface area (Å²) >= 11 is 0. The molecular weight excluding hydrogens is 172 g/mol. The molecule has 5 heteroatoms. The van der Waals surface area contributed by atoms with Crippen molar-refractivity contribution < 1.29 is 14.7 Å². The van der Waals surface area contributed by atoms with E-state index in [1.54, 1.807) is 0 Å². The van der Waals surface area contributed by atoms with E-state index in [0.29, 0.717) is 13.0 Å². The third-order valence-electron chi connectivity index (χ3n) is 2.28. The number of piperidine rings is 1. The first-order chi connectivity index (χ1) is 6.16. The number of carboxylic acid groups (broad SMARTS) is 1. The molecule has 1 saturated heterocycles. The highest BCUT2D eigenvalue weighted by Crippen LogP contribution is 2.16. The summed E-state index contributed by atoms with van der Waals surface area (Å²) in [4.78, 5) is 23.3. The Bertz CT molecular complexity index is 217. The lowest BCUT2D eigenvalue weighted by atomic mass is 10.0. The molecule has 1 atom stereocenters. The fourth-order valence-corrected chi connectivity index (χ4v) is 1.60. The molecule has 0 aromatic rings. The van der Waals surface area contributed by atoms with Crippen molar-refractivity contribution in [3.63, 3.8) is 0 Å². The summed E-state index contributed by atoms with van der Waals surface area (Å²) in [6.07, 6.45) is 2.28. The molecule has 13 heavy (non-hydrogen) atoms. The molecule has 1 aliphatic heterocycles. The molecule has 74 valence electrons. The molecule has 1 heterocycles. The number of hydrogen-bond donors (Lipinski definition) is 2. The summed E-state index contributed by atoms with van der Waals surface area (Å²) in [7, 11) is 0. The van der Waals surface area contributed by atoms with Gasteiger partial charge in [0.15, 0.2) is 0 Å². The van der Waals surface area contributed by atoms with Gasteiger partial charge >= 0.3 is 5.97 Å². The SMILES string of the molecule is NCC(=O)N1CCCC[C@@H]1C(=O)O. The average Bonchev–Trinajstić information content (AvgIpc) is 2.16. The van der Waals surface area contributed by atoms with E-state index in [2.05, 4.69) is 0 Å². The van der Waals surface area contributed by atoms with Gasteiger partial charge in [-0.1, -0.05) is 0 Å². The Balaban J connectivity index is 2.67. The molecule has 0 aliphatic carbocycles. The number of carboxylic acids is 1. The van der Waals surface area contributed by atoms with Crippen molar-refractivity contribution in [2.45, 2.75) is 25.3 Å². The summed E-state index contributed by atoms with van der Waals surface area (Å²) in [5, 5.41) is 8.82. The third-order valence-corrected chi connectivity index (χ3v) is 2.28. The molecule has 0 saturated carbocycles. The van der Waals surface area contributed by atoms with E-state index in [1.165, 1.54) is 4.90 Å². The van der Waals surface area contributed by atoms with E-state index in [1.807, 2.05) is 0 Å². The zero-order valence-corrected chi connectivity index (χ0v) is 7.40. The number of aliphatic carboxylic acids is 1. The number of likely N-dealkylation sites (tertiary alicyclic amines) is 1. The van der Waals surface area contributed by atoms with Crippen LogP contribution in [0.2, 0.25) is 0 Å². The normalized spacial score (nSPS) is 22.8. The molecule has 1 fully saturated rings. The summed E-state index contributed by atoms with van der Waals surface area (Å²) in [6, 6.07) is -0.662. The fraction of sp³-hybridized carbons (Fsp3) is 0.750. The van der Waals surface area contributed by atoms with Crippen LogP contribution >= 0.6 is 0 Å². The standard InChI is InChI=1S/C8H14N2O3/c9-5-7(11)10-4-2-1-3-6(10)8(12)13/h6H,1-5,9H2,(H,12,13)/t6-/m1/s1. The van der Waals surface area contributed by atoms with Gasteiger partial charge in [-0.2, -0.15) is 0 Å². The number of amides is 1. The highest BCUT2D eigenvalue weighted by Gasteiger charge is 2.30. The van der Waals surface area contributed by atoms with Gasteiger partial charge < -0.3 is 15.7 Å². The second-order valence-electron chi connectivity index (χ2n) is 3.14. The molecule has 0 radical (unpaired) electrons. The average molecular weight is 186 g/mol. The highest BCUT2D eigenvalue weighted by molar-refractivity contribution is 5.84. The first-order valence-electron chi connectivity index (χ1n) is 4.39. The Morgan fingerprint density at radius 2 is 2.15 bits per heavy atom. The minimum absolute atomic E-state index is 0.107. The van der Waals surface area contributed by atoms with Crippen molar-refractivity contribution in [2.75, 3.05) is 13.1 Å². The molecule has 5 nitrogen and oxygen atoms in total. The van der Waals surface area contributed by atoms with Crippen molar-refractivity contribution >= 4 is 11.9 Å². The molecular formula is C8H14N2O3. The molecule has 0 unspecified atom stereocenters. The molecule has 1 aliphatic rings. The molecule has 0 bridgehead atoms. The molecule has 0 spiro atoms. The van der Waals surface area contributed by atoms with E-state index < -0.39 is 12.0 Å². The van der Waals surface area contributed by atoms with Gasteiger partial charge in [-0.25, -0.2) is 4.79 Å². The molecule has 0 aromatic heterocycles. The molecule has 1 amide bonds. The Morgan fingerprint density at radius 3 is 2.69 bits per heavy atom. The van der Waals surface area contributed by atoms with Crippen LogP contribution in [-0.2, 0) is 9.59 Å². The van der Waals surface area contributed by atoms with Crippen molar-refractivity contribution in [2.24, 2.45) is 5.73 Å². The highest BCUT2D eigenvalue weighted by atomic mass is 16.4. The van der Waals surface area contributed by atoms with Crippen LogP contribution in [0.4, 0.5) is 0 Å². The van der Waals surface area contributed by atoms with Gasteiger partial charge in [0, 0.05) is 6.54 Å². The maximum absolute atomic E-state index is 11.2.